The second-order valence-electron chi connectivity index (χ2n) is 12.6. The summed E-state index contributed by atoms with van der Waals surface area (Å²) in [5.41, 5.74) is 9.33. The molecule has 0 bridgehead atoms. The zero-order valence-corrected chi connectivity index (χ0v) is 25.7. The lowest BCUT2D eigenvalue weighted by Gasteiger charge is -2.19. The molecular weight excluding hydrogens is 567 g/mol. The summed E-state index contributed by atoms with van der Waals surface area (Å²) in [6, 6.07) is 45.5. The third kappa shape index (κ3) is 3.24. The first-order valence-electron chi connectivity index (χ1n) is 15.4. The number of nitrogens with zero attached hydrogens (tertiary/aromatic N) is 3. The van der Waals surface area contributed by atoms with Gasteiger partial charge in [-0.05, 0) is 34.0 Å². The normalized spacial score (nSPS) is 13.7. The van der Waals surface area contributed by atoms with E-state index >= 15 is 0 Å². The van der Waals surface area contributed by atoms with Crippen molar-refractivity contribution in [3.05, 3.63) is 138 Å². The van der Waals surface area contributed by atoms with Crippen molar-refractivity contribution in [2.45, 2.75) is 19.3 Å². The average molecular weight is 594 g/mol. The van der Waals surface area contributed by atoms with Gasteiger partial charge in [0, 0.05) is 43.0 Å². The fourth-order valence-electron chi connectivity index (χ4n) is 7.76. The maximum absolute atomic E-state index is 5.39. The summed E-state index contributed by atoms with van der Waals surface area (Å²) in [5.74, 6) is 0.698. The maximum atomic E-state index is 5.39. The van der Waals surface area contributed by atoms with E-state index in [2.05, 4.69) is 146 Å². The number of hydrogen-bond donors (Lipinski definition) is 0. The summed E-state index contributed by atoms with van der Waals surface area (Å²) in [6.45, 7) is 4.75. The summed E-state index contributed by atoms with van der Waals surface area (Å²) in [6.07, 6.45) is 0. The van der Waals surface area contributed by atoms with Crippen LogP contribution in [0.1, 0.15) is 24.3 Å². The van der Waals surface area contributed by atoms with Gasteiger partial charge in [-0.1, -0.05) is 129 Å². The van der Waals surface area contributed by atoms with E-state index in [0.29, 0.717) is 5.95 Å². The molecule has 10 rings (SSSR count). The van der Waals surface area contributed by atoms with Crippen LogP contribution in [0.25, 0.3) is 81.9 Å². The Labute approximate surface area is 264 Å². The first-order valence-corrected chi connectivity index (χ1v) is 16.3. The molecule has 1 aliphatic rings. The minimum absolute atomic E-state index is 0.0835. The van der Waals surface area contributed by atoms with Crippen LogP contribution < -0.4 is 0 Å². The molecule has 212 valence electrons. The van der Waals surface area contributed by atoms with Gasteiger partial charge in [-0.15, -0.1) is 11.3 Å². The lowest BCUT2D eigenvalue weighted by molar-refractivity contribution is 0.674. The summed E-state index contributed by atoms with van der Waals surface area (Å²) in [4.78, 5) is 12.1. The van der Waals surface area contributed by atoms with Crippen molar-refractivity contribution in [1.29, 1.82) is 0 Å². The molecule has 0 unspecified atom stereocenters. The molecule has 0 spiro atoms. The molecule has 3 heterocycles. The number of thiophene rings is 1. The van der Waals surface area contributed by atoms with Crippen molar-refractivity contribution in [3.8, 4) is 28.3 Å². The molecular formula is C41H27N3S. The highest BCUT2D eigenvalue weighted by Crippen LogP contribution is 2.58. The molecule has 0 N–H and O–H groups in total. The van der Waals surface area contributed by atoms with Gasteiger partial charge in [0.2, 0.25) is 5.95 Å². The molecule has 0 atom stereocenters. The van der Waals surface area contributed by atoms with Crippen molar-refractivity contribution in [1.82, 2.24) is 14.5 Å². The lowest BCUT2D eigenvalue weighted by atomic mass is 9.87. The molecule has 0 aliphatic heterocycles. The SMILES string of the molecule is CC1(C)c2ccccc2-c2c1sc1c2c2ccccc2c2c3ccccc3n(-c3nc(-c4ccccc4)c4ccccc4n3)c12. The molecule has 0 saturated heterocycles. The number of benzene rings is 6. The summed E-state index contributed by atoms with van der Waals surface area (Å²) < 4.78 is 3.63. The Hall–Kier alpha value is -5.32. The summed E-state index contributed by atoms with van der Waals surface area (Å²) >= 11 is 1.95. The predicted molar refractivity (Wildman–Crippen MR) is 190 cm³/mol. The van der Waals surface area contributed by atoms with Crippen LogP contribution in [-0.2, 0) is 5.41 Å². The maximum Gasteiger partial charge on any atom is 0.235 e. The monoisotopic (exact) mass is 593 g/mol. The molecule has 0 radical (unpaired) electrons. The Balaban J connectivity index is 1.44. The molecule has 3 nitrogen and oxygen atoms in total. The predicted octanol–water partition coefficient (Wildman–Crippen LogP) is 11.1. The largest absolute Gasteiger partial charge is 0.276 e. The standard InChI is InChI=1S/C41H27N3S/c1-41(2)30-21-11-8-18-27(30)35-34-26-17-7-6-16-25(26)33-29-20-10-13-23-32(29)44(37(33)38(34)45-39(35)41)40-42-31-22-12-9-19-28(31)36(43-40)24-14-4-3-5-15-24/h3-23H,1-2H3. The summed E-state index contributed by atoms with van der Waals surface area (Å²) in [5, 5.41) is 7.44. The van der Waals surface area contributed by atoms with Crippen LogP contribution in [0.15, 0.2) is 127 Å². The van der Waals surface area contributed by atoms with Crippen LogP contribution in [0.5, 0.6) is 0 Å². The lowest BCUT2D eigenvalue weighted by Crippen LogP contribution is -2.13. The summed E-state index contributed by atoms with van der Waals surface area (Å²) in [7, 11) is 0. The molecule has 9 aromatic rings. The minimum Gasteiger partial charge on any atom is -0.276 e. The van der Waals surface area contributed by atoms with Crippen LogP contribution in [0.4, 0.5) is 0 Å². The van der Waals surface area contributed by atoms with E-state index in [9.17, 15) is 0 Å². The Morgan fingerprint density at radius 1 is 0.600 bits per heavy atom. The van der Waals surface area contributed by atoms with Crippen LogP contribution in [0, 0.1) is 0 Å². The van der Waals surface area contributed by atoms with E-state index in [-0.39, 0.29) is 5.41 Å². The quantitative estimate of drug-likeness (QED) is 0.200. The van der Waals surface area contributed by atoms with Crippen molar-refractivity contribution in [2.75, 3.05) is 0 Å². The zero-order valence-electron chi connectivity index (χ0n) is 24.9. The van der Waals surface area contributed by atoms with E-state index in [1.165, 1.54) is 58.7 Å². The fourth-order valence-corrected chi connectivity index (χ4v) is 9.24. The molecule has 0 fully saturated rings. The number of hydrogen-bond acceptors (Lipinski definition) is 3. The third-order valence-corrected chi connectivity index (χ3v) is 11.3. The van der Waals surface area contributed by atoms with Gasteiger partial charge in [0.25, 0.3) is 0 Å². The van der Waals surface area contributed by atoms with E-state index in [4.69, 9.17) is 9.97 Å². The second kappa shape index (κ2) is 8.87. The van der Waals surface area contributed by atoms with Crippen molar-refractivity contribution >= 4 is 64.9 Å². The van der Waals surface area contributed by atoms with Gasteiger partial charge in [-0.2, -0.15) is 0 Å². The van der Waals surface area contributed by atoms with Crippen molar-refractivity contribution < 1.29 is 0 Å². The van der Waals surface area contributed by atoms with E-state index in [1.807, 2.05) is 11.3 Å². The smallest absolute Gasteiger partial charge is 0.235 e. The molecule has 45 heavy (non-hydrogen) atoms. The number of fused-ring (bicyclic) bond motifs is 13. The van der Waals surface area contributed by atoms with E-state index in [1.54, 1.807) is 0 Å². The first kappa shape index (κ1) is 25.1. The Morgan fingerprint density at radius 2 is 1.24 bits per heavy atom. The highest BCUT2D eigenvalue weighted by Gasteiger charge is 2.39. The zero-order chi connectivity index (χ0) is 29.9. The van der Waals surface area contributed by atoms with E-state index < -0.39 is 0 Å². The van der Waals surface area contributed by atoms with Crippen LogP contribution in [-0.4, -0.2) is 14.5 Å². The van der Waals surface area contributed by atoms with Crippen molar-refractivity contribution in [2.24, 2.45) is 0 Å². The topological polar surface area (TPSA) is 30.7 Å². The van der Waals surface area contributed by atoms with Gasteiger partial charge in [0.1, 0.15) is 0 Å². The Bertz CT molecular complexity index is 2680. The molecule has 0 amide bonds. The van der Waals surface area contributed by atoms with Crippen LogP contribution in [0.3, 0.4) is 0 Å². The van der Waals surface area contributed by atoms with E-state index in [0.717, 1.165) is 27.7 Å². The Kier molecular flexibility index (Phi) is 4.94. The van der Waals surface area contributed by atoms with Crippen LogP contribution >= 0.6 is 11.3 Å². The van der Waals surface area contributed by atoms with Gasteiger partial charge in [-0.25, -0.2) is 9.97 Å². The second-order valence-corrected chi connectivity index (χ2v) is 13.6. The molecule has 3 aromatic heterocycles. The van der Waals surface area contributed by atoms with Gasteiger partial charge in [0.05, 0.1) is 26.9 Å². The molecule has 0 saturated carbocycles. The molecule has 4 heteroatoms. The van der Waals surface area contributed by atoms with Gasteiger partial charge < -0.3 is 0 Å². The van der Waals surface area contributed by atoms with Crippen LogP contribution in [0.2, 0.25) is 0 Å². The van der Waals surface area contributed by atoms with Gasteiger partial charge in [0.15, 0.2) is 0 Å². The molecule has 6 aromatic carbocycles. The number of para-hydroxylation sites is 2. The fraction of sp³-hybridized carbons (Fsp3) is 0.0732. The van der Waals surface area contributed by atoms with Gasteiger partial charge >= 0.3 is 0 Å². The highest BCUT2D eigenvalue weighted by atomic mass is 32.1. The van der Waals surface area contributed by atoms with Gasteiger partial charge in [-0.3, -0.25) is 4.57 Å². The third-order valence-electron chi connectivity index (χ3n) is 9.74. The molecule has 1 aliphatic carbocycles. The average Bonchev–Trinajstić information content (AvgIpc) is 3.72. The first-order chi connectivity index (χ1) is 22.1. The Morgan fingerprint density at radius 3 is 2.07 bits per heavy atom. The van der Waals surface area contributed by atoms with Crippen molar-refractivity contribution in [3.63, 3.8) is 0 Å². The minimum atomic E-state index is -0.0835. The highest BCUT2D eigenvalue weighted by molar-refractivity contribution is 7.21. The number of aromatic nitrogens is 3. The number of rotatable bonds is 2.